The van der Waals surface area contributed by atoms with Crippen molar-refractivity contribution >= 4 is 29.1 Å². The summed E-state index contributed by atoms with van der Waals surface area (Å²) in [6.45, 7) is 0.476. The van der Waals surface area contributed by atoms with Crippen molar-refractivity contribution in [1.29, 1.82) is 0 Å². The molecule has 0 spiro atoms. The number of hydrogen-bond donors (Lipinski definition) is 2. The Morgan fingerprint density at radius 3 is 2.79 bits per heavy atom. The molecule has 1 rings (SSSR count). The fourth-order valence-electron chi connectivity index (χ4n) is 1.51. The van der Waals surface area contributed by atoms with Gasteiger partial charge in [-0.25, -0.2) is 0 Å². The highest BCUT2D eigenvalue weighted by molar-refractivity contribution is 6.30. The Bertz CT molecular complexity index is 451. The average Bonchev–Trinajstić information content (AvgIpc) is 2.35. The van der Waals surface area contributed by atoms with Crippen LogP contribution >= 0.6 is 11.6 Å². The van der Waals surface area contributed by atoms with E-state index >= 15 is 0 Å². The van der Waals surface area contributed by atoms with E-state index in [2.05, 4.69) is 5.32 Å². The van der Waals surface area contributed by atoms with Gasteiger partial charge < -0.3 is 16.0 Å². The molecule has 0 bridgehead atoms. The van der Waals surface area contributed by atoms with Gasteiger partial charge in [0, 0.05) is 24.2 Å². The van der Waals surface area contributed by atoms with E-state index in [1.807, 2.05) is 0 Å². The summed E-state index contributed by atoms with van der Waals surface area (Å²) in [5, 5.41) is 3.23. The molecule has 5 nitrogen and oxygen atoms in total. The summed E-state index contributed by atoms with van der Waals surface area (Å²) < 4.78 is 0. The monoisotopic (exact) mass is 283 g/mol. The van der Waals surface area contributed by atoms with E-state index in [4.69, 9.17) is 17.3 Å². The van der Waals surface area contributed by atoms with Crippen molar-refractivity contribution in [2.45, 2.75) is 12.8 Å². The van der Waals surface area contributed by atoms with Gasteiger partial charge in [0.15, 0.2) is 0 Å². The number of nitrogens with zero attached hydrogens (tertiary/aromatic N) is 1. The molecule has 3 N–H and O–H groups in total. The Hall–Kier alpha value is -1.59. The van der Waals surface area contributed by atoms with E-state index in [0.29, 0.717) is 30.1 Å². The fourth-order valence-corrected chi connectivity index (χ4v) is 1.70. The summed E-state index contributed by atoms with van der Waals surface area (Å²) in [5.41, 5.74) is 5.94. The van der Waals surface area contributed by atoms with Gasteiger partial charge in [-0.1, -0.05) is 17.7 Å². The van der Waals surface area contributed by atoms with Crippen molar-refractivity contribution in [3.63, 3.8) is 0 Å². The molecule has 0 heterocycles. The number of likely N-dealkylation sites (N-methyl/N-ethyl adjacent to an activating group) is 1. The van der Waals surface area contributed by atoms with Gasteiger partial charge >= 0.3 is 0 Å². The molecule has 1 aromatic rings. The van der Waals surface area contributed by atoms with Crippen LogP contribution in [0.3, 0.4) is 0 Å². The minimum Gasteiger partial charge on any atom is -0.336 e. The zero-order chi connectivity index (χ0) is 14.3. The third kappa shape index (κ3) is 5.72. The van der Waals surface area contributed by atoms with Crippen LogP contribution in [-0.4, -0.2) is 36.9 Å². The Labute approximate surface area is 117 Å². The third-order valence-corrected chi connectivity index (χ3v) is 2.74. The van der Waals surface area contributed by atoms with Gasteiger partial charge in [-0.15, -0.1) is 0 Å². The Morgan fingerprint density at radius 1 is 1.42 bits per heavy atom. The molecule has 0 saturated carbocycles. The van der Waals surface area contributed by atoms with Crippen LogP contribution in [0.1, 0.15) is 12.8 Å². The molecule has 0 unspecified atom stereocenters. The predicted molar refractivity (Wildman–Crippen MR) is 76.0 cm³/mol. The van der Waals surface area contributed by atoms with Crippen LogP contribution in [0.5, 0.6) is 0 Å². The molecule has 0 atom stereocenters. The fraction of sp³-hybridized carbons (Fsp3) is 0.385. The quantitative estimate of drug-likeness (QED) is 0.830. The predicted octanol–water partition coefficient (Wildman–Crippen LogP) is 1.48. The van der Waals surface area contributed by atoms with Gasteiger partial charge in [0.1, 0.15) is 0 Å². The van der Waals surface area contributed by atoms with Gasteiger partial charge in [0.05, 0.1) is 6.54 Å². The SMILES string of the molecule is CN(CC(=O)Nc1cccc(Cl)c1)C(=O)CCCN. The zero-order valence-electron chi connectivity index (χ0n) is 10.9. The Balaban J connectivity index is 2.44. The third-order valence-electron chi connectivity index (χ3n) is 2.51. The summed E-state index contributed by atoms with van der Waals surface area (Å²) in [7, 11) is 1.59. The molecule has 0 saturated heterocycles. The second-order valence-corrected chi connectivity index (χ2v) is 4.64. The van der Waals surface area contributed by atoms with E-state index in [9.17, 15) is 9.59 Å². The molecule has 19 heavy (non-hydrogen) atoms. The van der Waals surface area contributed by atoms with Crippen molar-refractivity contribution < 1.29 is 9.59 Å². The zero-order valence-corrected chi connectivity index (χ0v) is 11.6. The van der Waals surface area contributed by atoms with E-state index in [1.165, 1.54) is 4.90 Å². The van der Waals surface area contributed by atoms with Crippen molar-refractivity contribution in [3.8, 4) is 0 Å². The summed E-state index contributed by atoms with van der Waals surface area (Å²) in [6.07, 6.45) is 0.983. The number of amides is 2. The first-order valence-corrected chi connectivity index (χ1v) is 6.40. The first kappa shape index (κ1) is 15.5. The largest absolute Gasteiger partial charge is 0.336 e. The van der Waals surface area contributed by atoms with Crippen molar-refractivity contribution in [2.24, 2.45) is 5.73 Å². The lowest BCUT2D eigenvalue weighted by atomic mass is 10.3. The molecule has 0 fully saturated rings. The molecule has 0 aromatic heterocycles. The number of nitrogens with two attached hydrogens (primary N) is 1. The van der Waals surface area contributed by atoms with Gasteiger partial charge in [0.2, 0.25) is 11.8 Å². The number of carbonyl (C=O) groups excluding carboxylic acids is 2. The smallest absolute Gasteiger partial charge is 0.243 e. The molecule has 0 aliphatic heterocycles. The van der Waals surface area contributed by atoms with E-state index in [0.717, 1.165) is 0 Å². The van der Waals surface area contributed by atoms with Gasteiger partial charge in [-0.2, -0.15) is 0 Å². The van der Waals surface area contributed by atoms with Crippen LogP contribution in [0, 0.1) is 0 Å². The first-order chi connectivity index (χ1) is 9.02. The van der Waals surface area contributed by atoms with Crippen LogP contribution in [0.15, 0.2) is 24.3 Å². The van der Waals surface area contributed by atoms with Crippen LogP contribution in [0.4, 0.5) is 5.69 Å². The lowest BCUT2D eigenvalue weighted by Crippen LogP contribution is -2.35. The average molecular weight is 284 g/mol. The highest BCUT2D eigenvalue weighted by Gasteiger charge is 2.12. The van der Waals surface area contributed by atoms with Gasteiger partial charge in [0.25, 0.3) is 0 Å². The topological polar surface area (TPSA) is 75.4 Å². The van der Waals surface area contributed by atoms with Crippen LogP contribution in [0.2, 0.25) is 5.02 Å². The standard InChI is InChI=1S/C13H18ClN3O2/c1-17(13(19)6-3-7-15)9-12(18)16-11-5-2-4-10(14)8-11/h2,4-5,8H,3,6-7,9,15H2,1H3,(H,16,18). The molecular weight excluding hydrogens is 266 g/mol. The number of hydrogen-bond acceptors (Lipinski definition) is 3. The van der Waals surface area contributed by atoms with Crippen LogP contribution < -0.4 is 11.1 Å². The minimum atomic E-state index is -0.258. The number of rotatable bonds is 6. The number of carbonyl (C=O) groups is 2. The minimum absolute atomic E-state index is 0.00984. The number of halogens is 1. The molecule has 2 amide bonds. The molecule has 0 radical (unpaired) electrons. The van der Waals surface area contributed by atoms with E-state index in [1.54, 1.807) is 31.3 Å². The summed E-state index contributed by atoms with van der Waals surface area (Å²) in [6, 6.07) is 6.85. The normalized spacial score (nSPS) is 10.1. The Kier molecular flexibility index (Phi) is 6.32. The first-order valence-electron chi connectivity index (χ1n) is 6.02. The maximum Gasteiger partial charge on any atom is 0.243 e. The van der Waals surface area contributed by atoms with Crippen LogP contribution in [-0.2, 0) is 9.59 Å². The summed E-state index contributed by atoms with van der Waals surface area (Å²) >= 11 is 5.81. The second-order valence-electron chi connectivity index (χ2n) is 4.20. The highest BCUT2D eigenvalue weighted by atomic mass is 35.5. The van der Waals surface area contributed by atoms with Crippen molar-refractivity contribution in [1.82, 2.24) is 4.90 Å². The lowest BCUT2D eigenvalue weighted by Gasteiger charge is -2.16. The molecule has 104 valence electrons. The number of benzene rings is 1. The lowest BCUT2D eigenvalue weighted by molar-refractivity contribution is -0.133. The summed E-state index contributed by atoms with van der Waals surface area (Å²) in [5.74, 6) is -0.349. The van der Waals surface area contributed by atoms with Crippen molar-refractivity contribution in [2.75, 3.05) is 25.5 Å². The molecule has 0 aliphatic rings. The van der Waals surface area contributed by atoms with Crippen LogP contribution in [0.25, 0.3) is 0 Å². The molecule has 6 heteroatoms. The molecular formula is C13H18ClN3O2. The van der Waals surface area contributed by atoms with Gasteiger partial charge in [-0.05, 0) is 31.2 Å². The molecule has 1 aromatic carbocycles. The number of anilines is 1. The maximum absolute atomic E-state index is 11.7. The Morgan fingerprint density at radius 2 is 2.16 bits per heavy atom. The van der Waals surface area contributed by atoms with Gasteiger partial charge in [-0.3, -0.25) is 9.59 Å². The number of nitrogens with one attached hydrogen (secondary N) is 1. The second kappa shape index (κ2) is 7.76. The summed E-state index contributed by atoms with van der Waals surface area (Å²) in [4.78, 5) is 24.7. The highest BCUT2D eigenvalue weighted by Crippen LogP contribution is 2.14. The van der Waals surface area contributed by atoms with E-state index < -0.39 is 0 Å². The maximum atomic E-state index is 11.7. The molecule has 0 aliphatic carbocycles. The van der Waals surface area contributed by atoms with Crippen molar-refractivity contribution in [3.05, 3.63) is 29.3 Å². The van der Waals surface area contributed by atoms with E-state index in [-0.39, 0.29) is 18.4 Å².